The van der Waals surface area contributed by atoms with Crippen molar-refractivity contribution in [2.75, 3.05) is 4.90 Å². The third kappa shape index (κ3) is 5.10. The van der Waals surface area contributed by atoms with E-state index in [0.29, 0.717) is 37.3 Å². The van der Waals surface area contributed by atoms with Crippen LogP contribution in [0, 0.1) is 5.82 Å². The molecule has 3 nitrogen and oxygen atoms in total. The van der Waals surface area contributed by atoms with Gasteiger partial charge < -0.3 is 4.74 Å². The molecule has 4 rings (SSSR count). The van der Waals surface area contributed by atoms with Crippen molar-refractivity contribution >= 4 is 69.2 Å². The summed E-state index contributed by atoms with van der Waals surface area (Å²) in [7, 11) is 0. The van der Waals surface area contributed by atoms with Crippen molar-refractivity contribution in [3.05, 3.63) is 98.6 Å². The van der Waals surface area contributed by atoms with Gasteiger partial charge in [0.15, 0.2) is 4.32 Å². The van der Waals surface area contributed by atoms with Gasteiger partial charge in [-0.25, -0.2) is 4.39 Å². The van der Waals surface area contributed by atoms with Crippen LogP contribution in [0.2, 0.25) is 10.0 Å². The summed E-state index contributed by atoms with van der Waals surface area (Å²) in [5.41, 5.74) is 2.06. The second-order valence-corrected chi connectivity index (χ2v) is 9.11. The number of benzene rings is 3. The van der Waals surface area contributed by atoms with Crippen LogP contribution in [-0.2, 0) is 11.4 Å². The Morgan fingerprint density at radius 1 is 1.06 bits per heavy atom. The molecule has 0 saturated carbocycles. The zero-order valence-corrected chi connectivity index (χ0v) is 19.0. The number of nitrogens with zero attached hydrogens (tertiary/aromatic N) is 1. The number of ether oxygens (including phenoxy) is 1. The number of thioether (sulfide) groups is 1. The number of carbonyl (C=O) groups is 1. The summed E-state index contributed by atoms with van der Waals surface area (Å²) in [6, 6.07) is 18.3. The first-order valence-electron chi connectivity index (χ1n) is 9.11. The number of hydrogen-bond acceptors (Lipinski definition) is 4. The minimum atomic E-state index is -0.425. The van der Waals surface area contributed by atoms with Gasteiger partial charge in [-0.05, 0) is 54.1 Å². The van der Waals surface area contributed by atoms with E-state index in [1.165, 1.54) is 28.8 Å². The van der Waals surface area contributed by atoms with Crippen molar-refractivity contribution in [3.8, 4) is 5.75 Å². The zero-order valence-electron chi connectivity index (χ0n) is 15.8. The summed E-state index contributed by atoms with van der Waals surface area (Å²) < 4.78 is 19.7. The van der Waals surface area contributed by atoms with Gasteiger partial charge >= 0.3 is 0 Å². The highest BCUT2D eigenvalue weighted by atomic mass is 35.5. The Kier molecular flexibility index (Phi) is 6.62. The molecule has 1 fully saturated rings. The standard InChI is InChI=1S/C23H14Cl2FNO2S2/c24-16-7-6-15(20(25)11-16)13-29-19-8-4-14(5-9-19)10-21-22(28)27(23(30)31-21)18-3-1-2-17(26)12-18/h1-12H,13H2/b21-10+. The van der Waals surface area contributed by atoms with E-state index >= 15 is 0 Å². The fraction of sp³-hybridized carbons (Fsp3) is 0.0435. The lowest BCUT2D eigenvalue weighted by atomic mass is 10.2. The number of amides is 1. The second kappa shape index (κ2) is 9.40. The van der Waals surface area contributed by atoms with E-state index in [1.54, 1.807) is 30.3 Å². The zero-order chi connectivity index (χ0) is 22.0. The molecule has 31 heavy (non-hydrogen) atoms. The van der Waals surface area contributed by atoms with Crippen LogP contribution in [0.15, 0.2) is 71.6 Å². The van der Waals surface area contributed by atoms with Gasteiger partial charge in [0.05, 0.1) is 10.6 Å². The van der Waals surface area contributed by atoms with Crippen LogP contribution in [0.5, 0.6) is 5.75 Å². The number of anilines is 1. The summed E-state index contributed by atoms with van der Waals surface area (Å²) in [5, 5.41) is 1.12. The Labute approximate surface area is 198 Å². The predicted octanol–water partition coefficient (Wildman–Crippen LogP) is 7.12. The normalized spacial score (nSPS) is 15.1. The molecule has 0 unspecified atom stereocenters. The van der Waals surface area contributed by atoms with E-state index < -0.39 is 5.82 Å². The molecular formula is C23H14Cl2FNO2S2. The van der Waals surface area contributed by atoms with Gasteiger partial charge in [0, 0.05) is 15.6 Å². The van der Waals surface area contributed by atoms with Crippen molar-refractivity contribution in [2.45, 2.75) is 6.61 Å². The third-order valence-corrected chi connectivity index (χ3v) is 6.34. The molecule has 0 radical (unpaired) electrons. The number of halogens is 3. The van der Waals surface area contributed by atoms with Gasteiger partial charge in [0.2, 0.25) is 0 Å². The van der Waals surface area contributed by atoms with E-state index in [2.05, 4.69) is 0 Å². The third-order valence-electron chi connectivity index (χ3n) is 4.45. The van der Waals surface area contributed by atoms with Crippen LogP contribution >= 0.6 is 47.2 Å². The summed E-state index contributed by atoms with van der Waals surface area (Å²) >= 11 is 18.6. The van der Waals surface area contributed by atoms with Crippen LogP contribution in [-0.4, -0.2) is 10.2 Å². The fourth-order valence-electron chi connectivity index (χ4n) is 2.92. The Morgan fingerprint density at radius 2 is 1.84 bits per heavy atom. The van der Waals surface area contributed by atoms with Crippen molar-refractivity contribution < 1.29 is 13.9 Å². The molecule has 0 bridgehead atoms. The van der Waals surface area contributed by atoms with Crippen molar-refractivity contribution in [1.29, 1.82) is 0 Å². The maximum atomic E-state index is 13.5. The van der Waals surface area contributed by atoms with E-state index in [1.807, 2.05) is 30.3 Å². The first-order valence-corrected chi connectivity index (χ1v) is 11.1. The number of rotatable bonds is 5. The van der Waals surface area contributed by atoms with Gasteiger partial charge in [-0.3, -0.25) is 9.69 Å². The van der Waals surface area contributed by atoms with Crippen LogP contribution in [0.25, 0.3) is 6.08 Å². The first kappa shape index (κ1) is 21.8. The Morgan fingerprint density at radius 3 is 2.55 bits per heavy atom. The van der Waals surface area contributed by atoms with Crippen molar-refractivity contribution in [2.24, 2.45) is 0 Å². The maximum absolute atomic E-state index is 13.5. The van der Waals surface area contributed by atoms with E-state index in [-0.39, 0.29) is 5.91 Å². The van der Waals surface area contributed by atoms with Gasteiger partial charge in [0.25, 0.3) is 5.91 Å². The molecular weight excluding hydrogens is 476 g/mol. The highest BCUT2D eigenvalue weighted by Crippen LogP contribution is 2.36. The Hall–Kier alpha value is -2.38. The molecule has 0 spiro atoms. The van der Waals surface area contributed by atoms with Crippen LogP contribution in [0.3, 0.4) is 0 Å². The molecule has 8 heteroatoms. The monoisotopic (exact) mass is 489 g/mol. The molecule has 0 aliphatic carbocycles. The summed E-state index contributed by atoms with van der Waals surface area (Å²) in [5.74, 6) is -0.0419. The lowest BCUT2D eigenvalue weighted by Crippen LogP contribution is -2.27. The molecule has 1 amide bonds. The summed E-state index contributed by atoms with van der Waals surface area (Å²) in [6.07, 6.45) is 1.75. The molecule has 1 aliphatic rings. The van der Waals surface area contributed by atoms with Gasteiger partial charge in [-0.1, -0.05) is 71.4 Å². The predicted molar refractivity (Wildman–Crippen MR) is 129 cm³/mol. The molecule has 0 N–H and O–H groups in total. The fourth-order valence-corrected chi connectivity index (χ4v) is 4.68. The first-order chi connectivity index (χ1) is 14.9. The van der Waals surface area contributed by atoms with Crippen LogP contribution in [0.1, 0.15) is 11.1 Å². The number of hydrogen-bond donors (Lipinski definition) is 0. The molecule has 0 aromatic heterocycles. The Bertz CT molecular complexity index is 1200. The largest absolute Gasteiger partial charge is 0.489 e. The Balaban J connectivity index is 1.45. The van der Waals surface area contributed by atoms with Gasteiger partial charge in [-0.15, -0.1) is 0 Å². The topological polar surface area (TPSA) is 29.5 Å². The van der Waals surface area contributed by atoms with Crippen molar-refractivity contribution in [1.82, 2.24) is 0 Å². The number of carbonyl (C=O) groups excluding carboxylic acids is 1. The van der Waals surface area contributed by atoms with E-state index in [9.17, 15) is 9.18 Å². The molecule has 1 aliphatic heterocycles. The molecule has 3 aromatic carbocycles. The minimum Gasteiger partial charge on any atom is -0.489 e. The molecule has 1 heterocycles. The average molecular weight is 490 g/mol. The minimum absolute atomic E-state index is 0.279. The molecule has 1 saturated heterocycles. The summed E-state index contributed by atoms with van der Waals surface area (Å²) in [4.78, 5) is 14.6. The smallest absolute Gasteiger partial charge is 0.270 e. The molecule has 0 atom stereocenters. The second-order valence-electron chi connectivity index (χ2n) is 6.59. The van der Waals surface area contributed by atoms with E-state index in [4.69, 9.17) is 40.2 Å². The van der Waals surface area contributed by atoms with Gasteiger partial charge in [0.1, 0.15) is 18.2 Å². The lowest BCUT2D eigenvalue weighted by molar-refractivity contribution is -0.113. The SMILES string of the molecule is O=C1/C(=C\c2ccc(OCc3ccc(Cl)cc3Cl)cc2)SC(=S)N1c1cccc(F)c1. The van der Waals surface area contributed by atoms with Crippen LogP contribution < -0.4 is 9.64 Å². The maximum Gasteiger partial charge on any atom is 0.270 e. The highest BCUT2D eigenvalue weighted by molar-refractivity contribution is 8.27. The average Bonchev–Trinajstić information content (AvgIpc) is 3.01. The molecule has 3 aromatic rings. The van der Waals surface area contributed by atoms with Gasteiger partial charge in [-0.2, -0.15) is 0 Å². The van der Waals surface area contributed by atoms with E-state index in [0.717, 1.165) is 11.1 Å². The highest BCUT2D eigenvalue weighted by Gasteiger charge is 2.33. The quantitative estimate of drug-likeness (QED) is 0.282. The lowest BCUT2D eigenvalue weighted by Gasteiger charge is -2.14. The van der Waals surface area contributed by atoms with Crippen LogP contribution in [0.4, 0.5) is 10.1 Å². The summed E-state index contributed by atoms with van der Waals surface area (Å²) in [6.45, 7) is 0.307. The molecule has 156 valence electrons. The van der Waals surface area contributed by atoms with Crippen molar-refractivity contribution in [3.63, 3.8) is 0 Å². The number of thiocarbonyl (C=S) groups is 1.